The van der Waals surface area contributed by atoms with E-state index in [1.165, 1.54) is 0 Å². The molecule has 0 saturated heterocycles. The maximum absolute atomic E-state index is 12.1. The lowest BCUT2D eigenvalue weighted by Gasteiger charge is -2.08. The van der Waals surface area contributed by atoms with Crippen molar-refractivity contribution in [2.45, 2.75) is 12.8 Å². The number of amides is 1. The van der Waals surface area contributed by atoms with Crippen LogP contribution >= 0.6 is 0 Å². The van der Waals surface area contributed by atoms with E-state index in [9.17, 15) is 9.59 Å². The van der Waals surface area contributed by atoms with Gasteiger partial charge in [-0.2, -0.15) is 10.1 Å². The van der Waals surface area contributed by atoms with Gasteiger partial charge in [-0.3, -0.25) is 9.59 Å². The number of carbonyl (C=O) groups excluding carboxylic acids is 1. The molecule has 3 N–H and O–H groups in total. The predicted octanol–water partition coefficient (Wildman–Crippen LogP) is 2.14. The predicted molar refractivity (Wildman–Crippen MR) is 118 cm³/mol. The number of hydrogen-bond acceptors (Lipinski definition) is 8. The third-order valence-electron chi connectivity index (χ3n) is 4.82. The third kappa shape index (κ3) is 4.91. The monoisotopic (exact) mass is 434 g/mol. The zero-order chi connectivity index (χ0) is 22.3. The van der Waals surface area contributed by atoms with Gasteiger partial charge in [0.25, 0.3) is 5.56 Å². The largest absolute Gasteiger partial charge is 0.497 e. The third-order valence-corrected chi connectivity index (χ3v) is 4.82. The first-order chi connectivity index (χ1) is 15.6. The van der Waals surface area contributed by atoms with Crippen molar-refractivity contribution < 1.29 is 14.1 Å². The van der Waals surface area contributed by atoms with Gasteiger partial charge < -0.3 is 19.9 Å². The summed E-state index contributed by atoms with van der Waals surface area (Å²) in [6, 6.07) is 14.5. The summed E-state index contributed by atoms with van der Waals surface area (Å²) in [5, 5.41) is 17.7. The molecule has 0 fully saturated rings. The lowest BCUT2D eigenvalue weighted by molar-refractivity contribution is -0.121. The van der Waals surface area contributed by atoms with Crippen molar-refractivity contribution in [3.05, 3.63) is 64.8 Å². The molecule has 10 heteroatoms. The lowest BCUT2D eigenvalue weighted by Crippen LogP contribution is -2.29. The highest BCUT2D eigenvalue weighted by molar-refractivity contribution is 5.90. The number of carbonyl (C=O) groups is 1. The summed E-state index contributed by atoms with van der Waals surface area (Å²) in [4.78, 5) is 28.3. The van der Waals surface area contributed by atoms with E-state index in [-0.39, 0.29) is 17.9 Å². The molecule has 10 nitrogen and oxygen atoms in total. The van der Waals surface area contributed by atoms with E-state index in [0.717, 1.165) is 16.7 Å². The molecule has 4 rings (SSSR count). The van der Waals surface area contributed by atoms with Crippen molar-refractivity contribution in [1.82, 2.24) is 25.7 Å². The molecule has 2 aromatic carbocycles. The zero-order valence-electron chi connectivity index (χ0n) is 17.4. The molecule has 0 radical (unpaired) electrons. The van der Waals surface area contributed by atoms with Crippen LogP contribution in [-0.4, -0.2) is 46.4 Å². The number of aromatic nitrogens is 4. The Kier molecular flexibility index (Phi) is 6.40. The minimum Gasteiger partial charge on any atom is -0.497 e. The fraction of sp³-hybridized carbons (Fsp3) is 0.227. The minimum atomic E-state index is -0.240. The number of anilines is 1. The van der Waals surface area contributed by atoms with Crippen LogP contribution in [0.4, 0.5) is 5.82 Å². The van der Waals surface area contributed by atoms with Crippen LogP contribution in [0.25, 0.3) is 22.2 Å². The van der Waals surface area contributed by atoms with Gasteiger partial charge in [0.2, 0.25) is 17.6 Å². The van der Waals surface area contributed by atoms with Crippen molar-refractivity contribution in [3.63, 3.8) is 0 Å². The summed E-state index contributed by atoms with van der Waals surface area (Å²) in [6.45, 7) is 0.853. The highest BCUT2D eigenvalue weighted by Gasteiger charge is 2.11. The summed E-state index contributed by atoms with van der Waals surface area (Å²) in [5.41, 5.74) is 0.565. The average molecular weight is 434 g/mol. The van der Waals surface area contributed by atoms with Crippen molar-refractivity contribution in [1.29, 1.82) is 0 Å². The summed E-state index contributed by atoms with van der Waals surface area (Å²) >= 11 is 0. The summed E-state index contributed by atoms with van der Waals surface area (Å²) in [7, 11) is 1.60. The number of aryl methyl sites for hydroxylation is 1. The van der Waals surface area contributed by atoms with Gasteiger partial charge in [0.15, 0.2) is 5.82 Å². The van der Waals surface area contributed by atoms with Gasteiger partial charge in [-0.1, -0.05) is 23.4 Å². The minimum absolute atomic E-state index is 0.129. The molecule has 0 unspecified atom stereocenters. The van der Waals surface area contributed by atoms with Crippen molar-refractivity contribution in [3.8, 4) is 17.1 Å². The normalized spacial score (nSPS) is 10.8. The van der Waals surface area contributed by atoms with Crippen LogP contribution in [0.3, 0.4) is 0 Å². The van der Waals surface area contributed by atoms with Gasteiger partial charge in [-0.05, 0) is 30.3 Å². The fourth-order valence-electron chi connectivity index (χ4n) is 3.15. The number of rotatable bonds is 9. The number of fused-ring (bicyclic) bond motifs is 1. The first-order valence-electron chi connectivity index (χ1n) is 10.1. The summed E-state index contributed by atoms with van der Waals surface area (Å²) in [5.74, 6) is 2.04. The van der Waals surface area contributed by atoms with Crippen molar-refractivity contribution >= 4 is 22.5 Å². The maximum Gasteiger partial charge on any atom is 0.272 e. The second-order valence-electron chi connectivity index (χ2n) is 6.96. The Hall–Kier alpha value is -4.21. The fourth-order valence-corrected chi connectivity index (χ4v) is 3.15. The highest BCUT2D eigenvalue weighted by atomic mass is 16.5. The second-order valence-corrected chi connectivity index (χ2v) is 6.96. The quantitative estimate of drug-likeness (QED) is 0.341. The number of H-pyrrole nitrogens is 1. The topological polar surface area (TPSA) is 135 Å². The van der Waals surface area contributed by atoms with Gasteiger partial charge in [0.1, 0.15) is 5.75 Å². The molecule has 0 spiro atoms. The number of methoxy groups -OCH3 is 1. The first-order valence-corrected chi connectivity index (χ1v) is 10.1. The Labute approximate surface area is 183 Å². The zero-order valence-corrected chi connectivity index (χ0v) is 17.4. The molecule has 0 aliphatic carbocycles. The van der Waals surface area contributed by atoms with E-state index < -0.39 is 0 Å². The Balaban J connectivity index is 1.23. The van der Waals surface area contributed by atoms with Crippen LogP contribution in [0.2, 0.25) is 0 Å². The van der Waals surface area contributed by atoms with Gasteiger partial charge in [-0.25, -0.2) is 5.10 Å². The summed E-state index contributed by atoms with van der Waals surface area (Å²) < 4.78 is 10.4. The smallest absolute Gasteiger partial charge is 0.272 e. The van der Waals surface area contributed by atoms with Gasteiger partial charge in [0.05, 0.1) is 12.5 Å². The van der Waals surface area contributed by atoms with E-state index in [0.29, 0.717) is 42.4 Å². The number of ether oxygens (including phenoxy) is 1. The van der Waals surface area contributed by atoms with Crippen LogP contribution in [0.15, 0.2) is 57.8 Å². The molecule has 0 atom stereocenters. The van der Waals surface area contributed by atoms with Gasteiger partial charge in [-0.15, -0.1) is 0 Å². The molecule has 32 heavy (non-hydrogen) atoms. The SMILES string of the molecule is COc1ccc(-c2noc(CCC(=O)NCCNc3n[nH]c(=O)c4ccccc34)n2)cc1. The maximum atomic E-state index is 12.1. The van der Waals surface area contributed by atoms with Gasteiger partial charge in [0, 0.05) is 36.9 Å². The molecule has 164 valence electrons. The van der Waals surface area contributed by atoms with Crippen LogP contribution in [0.5, 0.6) is 5.75 Å². The molecule has 1 amide bonds. The molecular weight excluding hydrogens is 412 g/mol. The highest BCUT2D eigenvalue weighted by Crippen LogP contribution is 2.20. The Morgan fingerprint density at radius 1 is 1.09 bits per heavy atom. The van der Waals surface area contributed by atoms with E-state index in [1.54, 1.807) is 19.2 Å². The Morgan fingerprint density at radius 2 is 1.88 bits per heavy atom. The number of nitrogens with zero attached hydrogens (tertiary/aromatic N) is 3. The molecule has 4 aromatic rings. The van der Waals surface area contributed by atoms with E-state index in [4.69, 9.17) is 9.26 Å². The Morgan fingerprint density at radius 3 is 2.66 bits per heavy atom. The van der Waals surface area contributed by atoms with Crippen LogP contribution in [-0.2, 0) is 11.2 Å². The molecule has 2 aromatic heterocycles. The Bertz CT molecular complexity index is 1270. The second kappa shape index (κ2) is 9.73. The van der Waals surface area contributed by atoms with Crippen molar-refractivity contribution in [2.24, 2.45) is 0 Å². The van der Waals surface area contributed by atoms with Crippen LogP contribution < -0.4 is 20.9 Å². The molecule has 0 bridgehead atoms. The van der Waals surface area contributed by atoms with Gasteiger partial charge >= 0.3 is 0 Å². The lowest BCUT2D eigenvalue weighted by atomic mass is 10.2. The van der Waals surface area contributed by atoms with Crippen molar-refractivity contribution in [2.75, 3.05) is 25.5 Å². The molecule has 0 aliphatic heterocycles. The number of nitrogens with one attached hydrogen (secondary N) is 3. The molecule has 0 aliphatic rings. The standard InChI is InChI=1S/C22H22N6O4/c1-31-15-8-6-14(7-9-15)20-25-19(32-28-20)11-10-18(29)23-12-13-24-21-16-4-2-3-5-17(16)22(30)27-26-21/h2-9H,10-13H2,1H3,(H,23,29)(H,24,26)(H,27,30). The number of aromatic amines is 1. The summed E-state index contributed by atoms with van der Waals surface area (Å²) in [6.07, 6.45) is 0.568. The number of hydrogen-bond donors (Lipinski definition) is 3. The first kappa shape index (κ1) is 21.0. The van der Waals surface area contributed by atoms with E-state index in [2.05, 4.69) is 31.0 Å². The molecule has 0 saturated carbocycles. The van der Waals surface area contributed by atoms with E-state index >= 15 is 0 Å². The molecular formula is C22H22N6O4. The average Bonchev–Trinajstić information content (AvgIpc) is 3.31. The van der Waals surface area contributed by atoms with Crippen LogP contribution in [0, 0.1) is 0 Å². The van der Waals surface area contributed by atoms with E-state index in [1.807, 2.05) is 36.4 Å². The number of benzene rings is 2. The molecule has 2 heterocycles. The van der Waals surface area contributed by atoms with Crippen LogP contribution in [0.1, 0.15) is 12.3 Å².